The molecule has 110 valence electrons. The maximum absolute atomic E-state index is 10.7. The number of nitro benzene ring substituents is 1. The highest BCUT2D eigenvalue weighted by Gasteiger charge is 2.19. The van der Waals surface area contributed by atoms with Gasteiger partial charge in [0.2, 0.25) is 11.8 Å². The molecule has 3 rings (SSSR count). The summed E-state index contributed by atoms with van der Waals surface area (Å²) in [6.45, 7) is 3.92. The number of hydrogen-bond donors (Lipinski definition) is 0. The summed E-state index contributed by atoms with van der Waals surface area (Å²) in [4.78, 5) is 16.9. The molecule has 6 nitrogen and oxygen atoms in total. The molecule has 1 aromatic heterocycles. The maximum Gasteiger partial charge on any atom is 0.269 e. The lowest BCUT2D eigenvalue weighted by Crippen LogP contribution is -2.29. The van der Waals surface area contributed by atoms with E-state index in [-0.39, 0.29) is 5.69 Å². The molecule has 1 aliphatic heterocycles. The number of piperidine rings is 1. The van der Waals surface area contributed by atoms with Gasteiger partial charge in [-0.2, -0.15) is 0 Å². The van der Waals surface area contributed by atoms with E-state index >= 15 is 0 Å². The van der Waals surface area contributed by atoms with Crippen molar-refractivity contribution in [1.29, 1.82) is 0 Å². The summed E-state index contributed by atoms with van der Waals surface area (Å²) in [5.74, 6) is 1.34. The third kappa shape index (κ3) is 2.74. The van der Waals surface area contributed by atoms with Gasteiger partial charge in [-0.3, -0.25) is 10.1 Å². The third-order valence-corrected chi connectivity index (χ3v) is 3.74. The van der Waals surface area contributed by atoms with Crippen molar-refractivity contribution in [3.8, 4) is 11.5 Å². The van der Waals surface area contributed by atoms with E-state index in [1.807, 2.05) is 6.92 Å². The predicted molar refractivity (Wildman–Crippen MR) is 79.4 cm³/mol. The highest BCUT2D eigenvalue weighted by Crippen LogP contribution is 2.30. The summed E-state index contributed by atoms with van der Waals surface area (Å²) in [7, 11) is 0. The standard InChI is InChI=1S/C15H17N3O3/c1-11-15(17-9-3-2-4-10-17)21-14(16-11)12-5-7-13(8-6-12)18(19)20/h5-8H,2-4,9-10H2,1H3. The van der Waals surface area contributed by atoms with Crippen molar-refractivity contribution in [3.63, 3.8) is 0 Å². The van der Waals surface area contributed by atoms with E-state index in [0.29, 0.717) is 5.89 Å². The lowest BCUT2D eigenvalue weighted by atomic mass is 10.1. The molecule has 0 bridgehead atoms. The molecule has 2 heterocycles. The second-order valence-electron chi connectivity index (χ2n) is 5.26. The van der Waals surface area contributed by atoms with Crippen molar-refractivity contribution < 1.29 is 9.34 Å². The lowest BCUT2D eigenvalue weighted by molar-refractivity contribution is -0.384. The lowest BCUT2D eigenvalue weighted by Gasteiger charge is -2.26. The van der Waals surface area contributed by atoms with Crippen LogP contribution in [0.3, 0.4) is 0 Å². The molecule has 1 aromatic carbocycles. The van der Waals surface area contributed by atoms with Gasteiger partial charge in [-0.25, -0.2) is 4.98 Å². The molecule has 1 aliphatic rings. The van der Waals surface area contributed by atoms with E-state index in [9.17, 15) is 10.1 Å². The summed E-state index contributed by atoms with van der Waals surface area (Å²) < 4.78 is 5.89. The zero-order valence-electron chi connectivity index (χ0n) is 11.9. The van der Waals surface area contributed by atoms with Gasteiger partial charge in [0.15, 0.2) is 0 Å². The van der Waals surface area contributed by atoms with Crippen molar-refractivity contribution in [1.82, 2.24) is 4.98 Å². The third-order valence-electron chi connectivity index (χ3n) is 3.74. The Hall–Kier alpha value is -2.37. The fourth-order valence-corrected chi connectivity index (χ4v) is 2.63. The minimum Gasteiger partial charge on any atom is -0.420 e. The van der Waals surface area contributed by atoms with Gasteiger partial charge in [-0.1, -0.05) is 0 Å². The van der Waals surface area contributed by atoms with E-state index in [0.717, 1.165) is 30.2 Å². The number of anilines is 1. The monoisotopic (exact) mass is 287 g/mol. The molecule has 0 radical (unpaired) electrons. The number of benzene rings is 1. The highest BCUT2D eigenvalue weighted by molar-refractivity contribution is 5.58. The number of non-ortho nitro benzene ring substituents is 1. The van der Waals surface area contributed by atoms with Gasteiger partial charge in [0.25, 0.3) is 5.69 Å². The van der Waals surface area contributed by atoms with Gasteiger partial charge in [0, 0.05) is 30.8 Å². The van der Waals surface area contributed by atoms with Crippen molar-refractivity contribution in [3.05, 3.63) is 40.1 Å². The first-order valence-corrected chi connectivity index (χ1v) is 7.12. The Labute approximate surface area is 122 Å². The molecule has 0 N–H and O–H groups in total. The zero-order chi connectivity index (χ0) is 14.8. The van der Waals surface area contributed by atoms with Crippen LogP contribution in [0.15, 0.2) is 28.7 Å². The summed E-state index contributed by atoms with van der Waals surface area (Å²) in [6.07, 6.45) is 3.61. The molecule has 1 fully saturated rings. The molecule has 0 atom stereocenters. The molecule has 0 aliphatic carbocycles. The SMILES string of the molecule is Cc1nc(-c2ccc([N+](=O)[O-])cc2)oc1N1CCCCC1. The van der Waals surface area contributed by atoms with Gasteiger partial charge in [-0.15, -0.1) is 0 Å². The van der Waals surface area contributed by atoms with Crippen molar-refractivity contribution in [2.24, 2.45) is 0 Å². The highest BCUT2D eigenvalue weighted by atomic mass is 16.6. The second-order valence-corrected chi connectivity index (χ2v) is 5.26. The number of nitro groups is 1. The summed E-state index contributed by atoms with van der Waals surface area (Å²) in [5, 5.41) is 10.7. The molecule has 0 unspecified atom stereocenters. The predicted octanol–water partition coefficient (Wildman–Crippen LogP) is 3.55. The van der Waals surface area contributed by atoms with E-state index < -0.39 is 4.92 Å². The Balaban J connectivity index is 1.87. The minimum absolute atomic E-state index is 0.0679. The van der Waals surface area contributed by atoms with Gasteiger partial charge >= 0.3 is 0 Å². The summed E-state index contributed by atoms with van der Waals surface area (Å²) in [6, 6.07) is 6.28. The van der Waals surface area contributed by atoms with Gasteiger partial charge in [-0.05, 0) is 38.3 Å². The molecular formula is C15H17N3O3. The van der Waals surface area contributed by atoms with Crippen molar-refractivity contribution in [2.75, 3.05) is 18.0 Å². The number of aromatic nitrogens is 1. The van der Waals surface area contributed by atoms with Crippen LogP contribution in [0.5, 0.6) is 0 Å². The fourth-order valence-electron chi connectivity index (χ4n) is 2.63. The van der Waals surface area contributed by atoms with Crippen LogP contribution in [0.1, 0.15) is 25.0 Å². The Morgan fingerprint density at radius 1 is 1.19 bits per heavy atom. The number of nitrogens with zero attached hydrogens (tertiary/aromatic N) is 3. The van der Waals surface area contributed by atoms with Crippen LogP contribution in [0.2, 0.25) is 0 Å². The van der Waals surface area contributed by atoms with Crippen LogP contribution in [0.4, 0.5) is 11.6 Å². The Kier molecular flexibility index (Phi) is 3.60. The molecule has 1 saturated heterocycles. The van der Waals surface area contributed by atoms with E-state index in [2.05, 4.69) is 9.88 Å². The first kappa shape index (κ1) is 13.6. The van der Waals surface area contributed by atoms with Crippen LogP contribution in [-0.2, 0) is 0 Å². The minimum atomic E-state index is -0.413. The number of oxazole rings is 1. The Morgan fingerprint density at radius 3 is 2.48 bits per heavy atom. The quantitative estimate of drug-likeness (QED) is 0.637. The Bertz CT molecular complexity index is 643. The average Bonchev–Trinajstić information content (AvgIpc) is 2.90. The molecule has 0 saturated carbocycles. The Morgan fingerprint density at radius 2 is 1.86 bits per heavy atom. The van der Waals surface area contributed by atoms with Crippen LogP contribution in [0, 0.1) is 17.0 Å². The number of hydrogen-bond acceptors (Lipinski definition) is 5. The topological polar surface area (TPSA) is 72.4 Å². The summed E-state index contributed by atoms with van der Waals surface area (Å²) in [5.41, 5.74) is 1.69. The second kappa shape index (κ2) is 5.55. The van der Waals surface area contributed by atoms with Gasteiger partial charge < -0.3 is 9.32 Å². The van der Waals surface area contributed by atoms with Crippen LogP contribution in [-0.4, -0.2) is 23.0 Å². The molecule has 0 amide bonds. The van der Waals surface area contributed by atoms with E-state index in [1.165, 1.54) is 31.4 Å². The van der Waals surface area contributed by atoms with Crippen molar-refractivity contribution >= 4 is 11.6 Å². The number of aryl methyl sites for hydroxylation is 1. The molecule has 6 heteroatoms. The van der Waals surface area contributed by atoms with Crippen LogP contribution >= 0.6 is 0 Å². The maximum atomic E-state index is 10.7. The van der Waals surface area contributed by atoms with E-state index in [1.54, 1.807) is 12.1 Å². The van der Waals surface area contributed by atoms with E-state index in [4.69, 9.17) is 4.42 Å². The van der Waals surface area contributed by atoms with Gasteiger partial charge in [0.05, 0.1) is 4.92 Å². The molecule has 2 aromatic rings. The summed E-state index contributed by atoms with van der Waals surface area (Å²) >= 11 is 0. The largest absolute Gasteiger partial charge is 0.420 e. The van der Waals surface area contributed by atoms with Crippen LogP contribution in [0.25, 0.3) is 11.5 Å². The molecule has 0 spiro atoms. The fraction of sp³-hybridized carbons (Fsp3) is 0.400. The van der Waals surface area contributed by atoms with Crippen molar-refractivity contribution in [2.45, 2.75) is 26.2 Å². The first-order chi connectivity index (χ1) is 10.1. The molecular weight excluding hydrogens is 270 g/mol. The normalized spacial score (nSPS) is 15.2. The van der Waals surface area contributed by atoms with Crippen LogP contribution < -0.4 is 4.90 Å². The molecule has 21 heavy (non-hydrogen) atoms. The first-order valence-electron chi connectivity index (χ1n) is 7.12. The number of rotatable bonds is 3. The smallest absolute Gasteiger partial charge is 0.269 e. The average molecular weight is 287 g/mol. The van der Waals surface area contributed by atoms with Gasteiger partial charge in [0.1, 0.15) is 5.69 Å². The zero-order valence-corrected chi connectivity index (χ0v) is 11.9.